The molecular formula is C16H12F3N5OS. The van der Waals surface area contributed by atoms with E-state index < -0.39 is 23.4 Å². The van der Waals surface area contributed by atoms with Gasteiger partial charge in [-0.05, 0) is 24.3 Å². The number of carbonyl (C=O) groups is 1. The van der Waals surface area contributed by atoms with E-state index in [1.54, 1.807) is 6.07 Å². The molecule has 3 N–H and O–H groups in total. The molecule has 1 aromatic heterocycles. The minimum Gasteiger partial charge on any atom is -0.335 e. The minimum absolute atomic E-state index is 0.0858. The van der Waals surface area contributed by atoms with Crippen LogP contribution in [0.4, 0.5) is 18.9 Å². The van der Waals surface area contributed by atoms with E-state index >= 15 is 0 Å². The smallest absolute Gasteiger partial charge is 0.234 e. The molecule has 0 fully saturated rings. The summed E-state index contributed by atoms with van der Waals surface area (Å²) in [5.41, 5.74) is 0.572. The van der Waals surface area contributed by atoms with Crippen molar-refractivity contribution < 1.29 is 18.0 Å². The maximum atomic E-state index is 13.3. The molecule has 3 rings (SSSR count). The molecule has 0 aliphatic rings. The summed E-state index contributed by atoms with van der Waals surface area (Å²) in [7, 11) is 0. The van der Waals surface area contributed by atoms with Gasteiger partial charge in [0.25, 0.3) is 0 Å². The van der Waals surface area contributed by atoms with Crippen LogP contribution in [0.2, 0.25) is 0 Å². The molecule has 0 unspecified atom stereocenters. The van der Waals surface area contributed by atoms with Gasteiger partial charge in [0.15, 0.2) is 17.5 Å². The van der Waals surface area contributed by atoms with Crippen molar-refractivity contribution in [3.05, 3.63) is 59.9 Å². The number of thioether (sulfide) groups is 1. The number of halogens is 3. The Morgan fingerprint density at radius 1 is 1.12 bits per heavy atom. The number of nitrogens with two attached hydrogens (primary N) is 1. The number of anilines is 1. The Labute approximate surface area is 150 Å². The molecule has 1 heterocycles. The van der Waals surface area contributed by atoms with E-state index in [1.807, 2.05) is 0 Å². The Balaban J connectivity index is 1.64. The molecule has 0 aliphatic carbocycles. The molecule has 0 saturated carbocycles. The van der Waals surface area contributed by atoms with Crippen molar-refractivity contribution in [2.75, 3.05) is 16.9 Å². The average Bonchev–Trinajstić information content (AvgIpc) is 2.97. The quantitative estimate of drug-likeness (QED) is 0.526. The average molecular weight is 379 g/mol. The van der Waals surface area contributed by atoms with Crippen LogP contribution >= 0.6 is 11.8 Å². The maximum Gasteiger partial charge on any atom is 0.234 e. The van der Waals surface area contributed by atoms with Crippen molar-refractivity contribution in [1.29, 1.82) is 0 Å². The van der Waals surface area contributed by atoms with Crippen molar-refractivity contribution in [2.45, 2.75) is 5.16 Å². The van der Waals surface area contributed by atoms with Crippen molar-refractivity contribution in [3.8, 4) is 11.4 Å². The van der Waals surface area contributed by atoms with Crippen molar-refractivity contribution in [3.63, 3.8) is 0 Å². The Kier molecular flexibility index (Phi) is 5.12. The van der Waals surface area contributed by atoms with Crippen LogP contribution in [-0.4, -0.2) is 26.5 Å². The molecule has 10 heteroatoms. The molecule has 6 nitrogen and oxygen atoms in total. The van der Waals surface area contributed by atoms with Gasteiger partial charge in [0.1, 0.15) is 5.82 Å². The van der Waals surface area contributed by atoms with Crippen LogP contribution < -0.4 is 11.2 Å². The minimum atomic E-state index is -1.06. The van der Waals surface area contributed by atoms with E-state index in [1.165, 1.54) is 24.3 Å². The third-order valence-corrected chi connectivity index (χ3v) is 4.23. The Morgan fingerprint density at radius 3 is 2.65 bits per heavy atom. The molecule has 0 radical (unpaired) electrons. The molecule has 0 saturated heterocycles. The van der Waals surface area contributed by atoms with Gasteiger partial charge >= 0.3 is 0 Å². The number of hydrogen-bond acceptors (Lipinski definition) is 5. The predicted octanol–water partition coefficient (Wildman–Crippen LogP) is 2.81. The van der Waals surface area contributed by atoms with Gasteiger partial charge in [-0.1, -0.05) is 23.9 Å². The fourth-order valence-electron chi connectivity index (χ4n) is 2.10. The van der Waals surface area contributed by atoms with Gasteiger partial charge in [0.2, 0.25) is 11.1 Å². The number of aromatic nitrogens is 3. The van der Waals surface area contributed by atoms with E-state index in [-0.39, 0.29) is 22.4 Å². The zero-order chi connectivity index (χ0) is 18.7. The normalized spacial score (nSPS) is 10.7. The molecule has 0 bridgehead atoms. The number of amides is 1. The third kappa shape index (κ3) is 3.97. The molecule has 0 spiro atoms. The van der Waals surface area contributed by atoms with Gasteiger partial charge in [0.05, 0.1) is 5.75 Å². The second kappa shape index (κ2) is 7.48. The fourth-order valence-corrected chi connectivity index (χ4v) is 2.76. The van der Waals surface area contributed by atoms with Crippen LogP contribution in [0, 0.1) is 17.5 Å². The molecule has 3 aromatic rings. The summed E-state index contributed by atoms with van der Waals surface area (Å²) in [5.74, 6) is 3.08. The van der Waals surface area contributed by atoms with E-state index in [2.05, 4.69) is 15.5 Å². The van der Waals surface area contributed by atoms with E-state index in [4.69, 9.17) is 5.84 Å². The number of nitrogens with zero attached hydrogens (tertiary/aromatic N) is 3. The summed E-state index contributed by atoms with van der Waals surface area (Å²) in [4.78, 5) is 11.9. The molecule has 134 valence electrons. The topological polar surface area (TPSA) is 85.8 Å². The maximum absolute atomic E-state index is 13.3. The first kappa shape index (κ1) is 17.8. The molecular weight excluding hydrogens is 367 g/mol. The van der Waals surface area contributed by atoms with Gasteiger partial charge in [0, 0.05) is 17.3 Å². The fraction of sp³-hybridized carbons (Fsp3) is 0.0625. The molecule has 0 aliphatic heterocycles. The number of hydrogen-bond donors (Lipinski definition) is 2. The van der Waals surface area contributed by atoms with E-state index in [9.17, 15) is 18.0 Å². The van der Waals surface area contributed by atoms with Crippen LogP contribution in [0.3, 0.4) is 0 Å². The Bertz CT molecular complexity index is 963. The highest BCUT2D eigenvalue weighted by Gasteiger charge is 2.14. The highest BCUT2D eigenvalue weighted by Crippen LogP contribution is 2.22. The summed E-state index contributed by atoms with van der Waals surface area (Å²) in [5, 5.41) is 10.4. The second-order valence-corrected chi connectivity index (χ2v) is 6.09. The number of rotatable bonds is 5. The highest BCUT2D eigenvalue weighted by atomic mass is 32.2. The molecule has 2 aromatic carbocycles. The van der Waals surface area contributed by atoms with Gasteiger partial charge in [-0.3, -0.25) is 4.79 Å². The van der Waals surface area contributed by atoms with Crippen LogP contribution in [0.5, 0.6) is 0 Å². The van der Waals surface area contributed by atoms with Crippen LogP contribution in [-0.2, 0) is 4.79 Å². The van der Waals surface area contributed by atoms with Gasteiger partial charge in [-0.15, -0.1) is 10.2 Å². The SMILES string of the molecule is Nn1c(SCC(=O)Nc2ccc(F)c(F)c2)nnc1-c1cccc(F)c1. The second-order valence-electron chi connectivity index (χ2n) is 5.15. The predicted molar refractivity (Wildman–Crippen MR) is 91.3 cm³/mol. The first-order valence-electron chi connectivity index (χ1n) is 7.28. The number of nitrogen functional groups attached to an aromatic ring is 1. The van der Waals surface area contributed by atoms with Crippen molar-refractivity contribution >= 4 is 23.4 Å². The number of benzene rings is 2. The van der Waals surface area contributed by atoms with Gasteiger partial charge in [-0.2, -0.15) is 0 Å². The van der Waals surface area contributed by atoms with Crippen LogP contribution in [0.1, 0.15) is 0 Å². The largest absolute Gasteiger partial charge is 0.335 e. The lowest BCUT2D eigenvalue weighted by Crippen LogP contribution is -2.16. The molecule has 0 atom stereocenters. The van der Waals surface area contributed by atoms with Crippen molar-refractivity contribution in [1.82, 2.24) is 14.9 Å². The third-order valence-electron chi connectivity index (χ3n) is 3.28. The lowest BCUT2D eigenvalue weighted by molar-refractivity contribution is -0.113. The molecule has 26 heavy (non-hydrogen) atoms. The van der Waals surface area contributed by atoms with Gasteiger partial charge < -0.3 is 11.2 Å². The summed E-state index contributed by atoms with van der Waals surface area (Å²) in [6.07, 6.45) is 0. The van der Waals surface area contributed by atoms with E-state index in [0.29, 0.717) is 5.56 Å². The number of nitrogens with one attached hydrogen (secondary N) is 1. The van der Waals surface area contributed by atoms with Gasteiger partial charge in [-0.25, -0.2) is 17.8 Å². The first-order chi connectivity index (χ1) is 12.4. The first-order valence-corrected chi connectivity index (χ1v) is 8.27. The Morgan fingerprint density at radius 2 is 1.92 bits per heavy atom. The monoisotopic (exact) mass is 379 g/mol. The van der Waals surface area contributed by atoms with Crippen LogP contribution in [0.15, 0.2) is 47.6 Å². The van der Waals surface area contributed by atoms with Crippen LogP contribution in [0.25, 0.3) is 11.4 Å². The van der Waals surface area contributed by atoms with E-state index in [0.717, 1.165) is 28.6 Å². The summed E-state index contributed by atoms with van der Waals surface area (Å²) in [6, 6.07) is 8.73. The standard InChI is InChI=1S/C16H12F3N5OS/c17-10-3-1-2-9(6-10)15-22-23-16(24(15)20)26-8-14(25)21-11-4-5-12(18)13(19)7-11/h1-7H,8,20H2,(H,21,25). The summed E-state index contributed by atoms with van der Waals surface area (Å²) in [6.45, 7) is 0. The lowest BCUT2D eigenvalue weighted by atomic mass is 10.2. The van der Waals surface area contributed by atoms with Crippen molar-refractivity contribution in [2.24, 2.45) is 0 Å². The summed E-state index contributed by atoms with van der Waals surface area (Å²) < 4.78 is 40.4. The summed E-state index contributed by atoms with van der Waals surface area (Å²) >= 11 is 0.992. The zero-order valence-electron chi connectivity index (χ0n) is 13.1. The zero-order valence-corrected chi connectivity index (χ0v) is 13.9. The lowest BCUT2D eigenvalue weighted by Gasteiger charge is -2.06. The number of carbonyl (C=O) groups excluding carboxylic acids is 1. The Hall–Kier alpha value is -3.01. The highest BCUT2D eigenvalue weighted by molar-refractivity contribution is 7.99. The molecule has 1 amide bonds.